The van der Waals surface area contributed by atoms with Gasteiger partial charge in [0.15, 0.2) is 0 Å². The number of rotatable bonds is 8. The van der Waals surface area contributed by atoms with Crippen LogP contribution in [0.1, 0.15) is 52.0 Å². The average molecular weight is 380 g/mol. The zero-order valence-corrected chi connectivity index (χ0v) is 15.9. The zero-order chi connectivity index (χ0) is 16.8. The van der Waals surface area contributed by atoms with E-state index < -0.39 is 0 Å². The van der Waals surface area contributed by atoms with Crippen molar-refractivity contribution < 1.29 is 4.42 Å². The minimum Gasteiger partial charge on any atom is -0.422 e. The van der Waals surface area contributed by atoms with E-state index in [4.69, 9.17) is 4.42 Å². The van der Waals surface area contributed by atoms with Crippen molar-refractivity contribution in [2.75, 3.05) is 18.0 Å². The van der Waals surface area contributed by atoms with E-state index in [2.05, 4.69) is 53.7 Å². The van der Waals surface area contributed by atoms with Gasteiger partial charge in [-0.05, 0) is 52.9 Å². The fourth-order valence-corrected chi connectivity index (χ4v) is 3.42. The SMILES string of the molecule is CCCCN(CCCC)c1ccc2c(CC)c(Br)c(=O)oc2c1. The molecule has 0 bridgehead atoms. The van der Waals surface area contributed by atoms with Gasteiger partial charge in [0.1, 0.15) is 10.1 Å². The Balaban J connectivity index is 2.44. The molecule has 23 heavy (non-hydrogen) atoms. The number of unbranched alkanes of at least 4 members (excludes halogenated alkanes) is 2. The van der Waals surface area contributed by atoms with E-state index in [0.717, 1.165) is 36.1 Å². The maximum Gasteiger partial charge on any atom is 0.350 e. The molecule has 0 aliphatic rings. The van der Waals surface area contributed by atoms with Crippen molar-refractivity contribution in [3.8, 4) is 0 Å². The fraction of sp³-hybridized carbons (Fsp3) is 0.526. The lowest BCUT2D eigenvalue weighted by molar-refractivity contribution is 0.554. The molecule has 0 radical (unpaired) electrons. The van der Waals surface area contributed by atoms with Crippen molar-refractivity contribution in [3.05, 3.63) is 38.7 Å². The van der Waals surface area contributed by atoms with E-state index in [0.29, 0.717) is 10.1 Å². The summed E-state index contributed by atoms with van der Waals surface area (Å²) in [7, 11) is 0. The number of hydrogen-bond acceptors (Lipinski definition) is 3. The summed E-state index contributed by atoms with van der Waals surface area (Å²) in [6, 6.07) is 6.26. The van der Waals surface area contributed by atoms with E-state index >= 15 is 0 Å². The second kappa shape index (κ2) is 8.53. The third kappa shape index (κ3) is 4.17. The lowest BCUT2D eigenvalue weighted by atomic mass is 10.1. The molecule has 2 rings (SSSR count). The van der Waals surface area contributed by atoms with Gasteiger partial charge in [0, 0.05) is 30.2 Å². The predicted molar refractivity (Wildman–Crippen MR) is 102 cm³/mol. The average Bonchev–Trinajstić information content (AvgIpc) is 2.56. The van der Waals surface area contributed by atoms with E-state index in [9.17, 15) is 4.79 Å². The quantitative estimate of drug-likeness (QED) is 0.565. The summed E-state index contributed by atoms with van der Waals surface area (Å²) in [6.45, 7) is 8.57. The Labute approximate surface area is 146 Å². The third-order valence-electron chi connectivity index (χ3n) is 4.22. The van der Waals surface area contributed by atoms with Crippen LogP contribution >= 0.6 is 15.9 Å². The van der Waals surface area contributed by atoms with Gasteiger partial charge in [0.25, 0.3) is 0 Å². The van der Waals surface area contributed by atoms with Crippen molar-refractivity contribution in [2.24, 2.45) is 0 Å². The highest BCUT2D eigenvalue weighted by molar-refractivity contribution is 9.10. The van der Waals surface area contributed by atoms with Crippen LogP contribution in [0.5, 0.6) is 0 Å². The molecule has 0 unspecified atom stereocenters. The Morgan fingerprint density at radius 2 is 1.74 bits per heavy atom. The lowest BCUT2D eigenvalue weighted by Crippen LogP contribution is -2.25. The third-order valence-corrected chi connectivity index (χ3v) is 5.02. The van der Waals surface area contributed by atoms with Crippen LogP contribution in [0, 0.1) is 0 Å². The molecule has 126 valence electrons. The number of nitrogens with zero attached hydrogens (tertiary/aromatic N) is 1. The molecule has 2 aromatic rings. The monoisotopic (exact) mass is 379 g/mol. The molecule has 4 heteroatoms. The van der Waals surface area contributed by atoms with Crippen LogP contribution in [0.2, 0.25) is 0 Å². The first-order valence-electron chi connectivity index (χ1n) is 8.62. The van der Waals surface area contributed by atoms with Gasteiger partial charge in [-0.1, -0.05) is 33.6 Å². The van der Waals surface area contributed by atoms with Gasteiger partial charge in [-0.2, -0.15) is 0 Å². The van der Waals surface area contributed by atoms with Crippen LogP contribution in [0.15, 0.2) is 31.9 Å². The summed E-state index contributed by atoms with van der Waals surface area (Å²) in [6.07, 6.45) is 5.51. The minimum absolute atomic E-state index is 0.292. The minimum atomic E-state index is -0.292. The number of hydrogen-bond donors (Lipinski definition) is 0. The first-order valence-corrected chi connectivity index (χ1v) is 9.41. The van der Waals surface area contributed by atoms with Crippen LogP contribution in [-0.4, -0.2) is 13.1 Å². The van der Waals surface area contributed by atoms with Crippen LogP contribution < -0.4 is 10.5 Å². The zero-order valence-electron chi connectivity index (χ0n) is 14.3. The lowest BCUT2D eigenvalue weighted by Gasteiger charge is -2.25. The van der Waals surface area contributed by atoms with Crippen molar-refractivity contribution in [3.63, 3.8) is 0 Å². The fourth-order valence-electron chi connectivity index (χ4n) is 2.84. The Hall–Kier alpha value is -1.29. The van der Waals surface area contributed by atoms with Crippen LogP contribution in [-0.2, 0) is 6.42 Å². The maximum atomic E-state index is 12.0. The van der Waals surface area contributed by atoms with E-state index in [1.54, 1.807) is 0 Å². The summed E-state index contributed by atoms with van der Waals surface area (Å²) >= 11 is 3.36. The maximum absolute atomic E-state index is 12.0. The Morgan fingerprint density at radius 1 is 1.09 bits per heavy atom. The summed E-state index contributed by atoms with van der Waals surface area (Å²) in [5.74, 6) is 0. The highest BCUT2D eigenvalue weighted by Gasteiger charge is 2.13. The molecule has 1 heterocycles. The molecule has 0 spiro atoms. The van der Waals surface area contributed by atoms with Gasteiger partial charge in [0.2, 0.25) is 0 Å². The van der Waals surface area contributed by atoms with Gasteiger partial charge >= 0.3 is 5.63 Å². The topological polar surface area (TPSA) is 33.5 Å². The number of fused-ring (bicyclic) bond motifs is 1. The Morgan fingerprint density at radius 3 is 2.30 bits per heavy atom. The Kier molecular flexibility index (Phi) is 6.70. The molecule has 0 aliphatic heterocycles. The molecule has 0 aliphatic carbocycles. The molecular formula is C19H26BrNO2. The summed E-state index contributed by atoms with van der Waals surface area (Å²) in [5.41, 5.74) is 2.56. The van der Waals surface area contributed by atoms with Gasteiger partial charge in [-0.25, -0.2) is 4.79 Å². The van der Waals surface area contributed by atoms with Crippen molar-refractivity contribution in [1.82, 2.24) is 0 Å². The van der Waals surface area contributed by atoms with E-state index in [1.165, 1.54) is 25.7 Å². The van der Waals surface area contributed by atoms with Crippen molar-refractivity contribution in [2.45, 2.75) is 52.9 Å². The summed E-state index contributed by atoms with van der Waals surface area (Å²) < 4.78 is 6.06. The number of halogens is 1. The first-order chi connectivity index (χ1) is 11.1. The van der Waals surface area contributed by atoms with Crippen LogP contribution in [0.3, 0.4) is 0 Å². The molecule has 1 aromatic carbocycles. The second-order valence-corrected chi connectivity index (χ2v) is 6.70. The van der Waals surface area contributed by atoms with Crippen LogP contribution in [0.4, 0.5) is 5.69 Å². The molecule has 0 fully saturated rings. The van der Waals surface area contributed by atoms with Gasteiger partial charge in [-0.15, -0.1) is 0 Å². The number of benzene rings is 1. The van der Waals surface area contributed by atoms with Crippen LogP contribution in [0.25, 0.3) is 11.0 Å². The van der Waals surface area contributed by atoms with E-state index in [1.807, 2.05) is 6.07 Å². The van der Waals surface area contributed by atoms with Gasteiger partial charge < -0.3 is 9.32 Å². The number of anilines is 1. The highest BCUT2D eigenvalue weighted by atomic mass is 79.9. The van der Waals surface area contributed by atoms with Crippen molar-refractivity contribution >= 4 is 32.6 Å². The molecule has 1 aromatic heterocycles. The predicted octanol–water partition coefficient (Wildman–Crippen LogP) is 5.52. The molecular weight excluding hydrogens is 354 g/mol. The summed E-state index contributed by atoms with van der Waals surface area (Å²) in [4.78, 5) is 14.4. The Bertz CT molecular complexity index is 700. The molecule has 3 nitrogen and oxygen atoms in total. The standard InChI is InChI=1S/C19H26BrNO2/c1-4-7-11-21(12-8-5-2)14-9-10-16-15(6-3)18(20)19(22)23-17(16)13-14/h9-10,13H,4-8,11-12H2,1-3H3. The summed E-state index contributed by atoms with van der Waals surface area (Å²) in [5, 5.41) is 1.02. The first kappa shape index (κ1) is 18.1. The van der Waals surface area contributed by atoms with Gasteiger partial charge in [-0.3, -0.25) is 0 Å². The molecule has 0 saturated heterocycles. The number of aryl methyl sites for hydroxylation is 1. The van der Waals surface area contributed by atoms with Crippen molar-refractivity contribution in [1.29, 1.82) is 0 Å². The molecule has 0 N–H and O–H groups in total. The van der Waals surface area contributed by atoms with Gasteiger partial charge in [0.05, 0.1) is 0 Å². The normalized spacial score (nSPS) is 11.1. The second-order valence-electron chi connectivity index (χ2n) is 5.91. The van der Waals surface area contributed by atoms with E-state index in [-0.39, 0.29) is 5.63 Å². The molecule has 0 atom stereocenters. The largest absolute Gasteiger partial charge is 0.422 e. The smallest absolute Gasteiger partial charge is 0.350 e. The molecule has 0 amide bonds. The highest BCUT2D eigenvalue weighted by Crippen LogP contribution is 2.28. The molecule has 0 saturated carbocycles.